The van der Waals surface area contributed by atoms with Crippen molar-refractivity contribution in [3.8, 4) is 0 Å². The molecule has 2 aliphatic heterocycles. The second-order valence-corrected chi connectivity index (χ2v) is 8.63. The maximum atomic E-state index is 12.0. The van der Waals surface area contributed by atoms with E-state index in [0.717, 1.165) is 63.0 Å². The van der Waals surface area contributed by atoms with Crippen molar-refractivity contribution >= 4 is 17.9 Å². The summed E-state index contributed by atoms with van der Waals surface area (Å²) in [4.78, 5) is 28.8. The van der Waals surface area contributed by atoms with E-state index in [4.69, 9.17) is 9.57 Å². The van der Waals surface area contributed by atoms with Gasteiger partial charge in [-0.3, -0.25) is 9.69 Å². The molecule has 2 saturated heterocycles. The van der Waals surface area contributed by atoms with Crippen LogP contribution in [0.3, 0.4) is 0 Å². The molecule has 4 rings (SSSR count). The van der Waals surface area contributed by atoms with Gasteiger partial charge in [0.2, 0.25) is 5.95 Å². The number of rotatable bonds is 8. The molecule has 0 spiro atoms. The second kappa shape index (κ2) is 11.9. The molecule has 0 bridgehead atoms. The molecule has 2 aliphatic rings. The van der Waals surface area contributed by atoms with Crippen LogP contribution in [0.25, 0.3) is 6.08 Å². The topological polar surface area (TPSA) is 88.6 Å². The highest BCUT2D eigenvalue weighted by atomic mass is 16.8. The van der Waals surface area contributed by atoms with E-state index in [1.165, 1.54) is 11.6 Å². The predicted octanol–water partition coefficient (Wildman–Crippen LogP) is 3.45. The van der Waals surface area contributed by atoms with E-state index in [-0.39, 0.29) is 12.2 Å². The maximum Gasteiger partial charge on any atom is 0.267 e. The molecule has 176 valence electrons. The van der Waals surface area contributed by atoms with Crippen LogP contribution in [-0.2, 0) is 20.9 Å². The third kappa shape index (κ3) is 7.35. The van der Waals surface area contributed by atoms with E-state index in [1.54, 1.807) is 12.3 Å². The summed E-state index contributed by atoms with van der Waals surface area (Å²) < 4.78 is 5.43. The van der Waals surface area contributed by atoms with Crippen LogP contribution in [0.4, 0.5) is 5.95 Å². The van der Waals surface area contributed by atoms with Gasteiger partial charge in [-0.1, -0.05) is 30.3 Å². The van der Waals surface area contributed by atoms with Gasteiger partial charge in [-0.25, -0.2) is 20.3 Å². The molecule has 8 nitrogen and oxygen atoms in total. The first-order chi connectivity index (χ1) is 16.2. The summed E-state index contributed by atoms with van der Waals surface area (Å²) in [7, 11) is 0. The van der Waals surface area contributed by atoms with Crippen LogP contribution in [0.15, 0.2) is 42.6 Å². The van der Waals surface area contributed by atoms with Crippen molar-refractivity contribution < 1.29 is 14.4 Å². The molecule has 0 saturated carbocycles. The van der Waals surface area contributed by atoms with E-state index in [1.807, 2.05) is 6.92 Å². The normalized spacial score (nSPS) is 20.1. The van der Waals surface area contributed by atoms with Crippen molar-refractivity contribution in [2.24, 2.45) is 0 Å². The van der Waals surface area contributed by atoms with Crippen molar-refractivity contribution in [2.75, 3.05) is 25.0 Å². The molecule has 0 radical (unpaired) electrons. The fourth-order valence-corrected chi connectivity index (χ4v) is 4.10. The third-order valence-corrected chi connectivity index (χ3v) is 6.03. The minimum absolute atomic E-state index is 0.340. The Hall–Kier alpha value is -2.81. The van der Waals surface area contributed by atoms with Crippen molar-refractivity contribution in [3.05, 3.63) is 59.4 Å². The third-order valence-electron chi connectivity index (χ3n) is 6.03. The standard InChI is InChI=1S/C25H33N5O3/c1-19-21(10-11-23(31)29-33-24-9-5-6-16-32-24)17-26-25(27-19)28-22-12-14-30(15-13-22)18-20-7-3-2-4-8-20/h2-4,7-8,10-11,17,22,24H,5-6,9,12-16,18H2,1H3,(H,29,31)(H,26,27,28)/b11-10+. The molecule has 2 N–H and O–H groups in total. The number of nitrogens with one attached hydrogen (secondary N) is 2. The van der Waals surface area contributed by atoms with Gasteiger partial charge in [0.1, 0.15) is 0 Å². The van der Waals surface area contributed by atoms with E-state index in [2.05, 4.69) is 56.0 Å². The van der Waals surface area contributed by atoms with Gasteiger partial charge in [0.15, 0.2) is 6.29 Å². The maximum absolute atomic E-state index is 12.0. The molecule has 1 unspecified atom stereocenters. The molecule has 1 atom stereocenters. The molecule has 2 aromatic rings. The Morgan fingerprint density at radius 3 is 2.76 bits per heavy atom. The largest absolute Gasteiger partial charge is 0.351 e. The molecule has 1 aromatic carbocycles. The van der Waals surface area contributed by atoms with Crippen LogP contribution in [0.1, 0.15) is 48.9 Å². The number of amides is 1. The zero-order valence-electron chi connectivity index (χ0n) is 19.2. The number of aryl methyl sites for hydroxylation is 1. The number of nitrogens with zero attached hydrogens (tertiary/aromatic N) is 3. The summed E-state index contributed by atoms with van der Waals surface area (Å²) in [5.41, 5.74) is 5.38. The van der Waals surface area contributed by atoms with Gasteiger partial charge in [-0.15, -0.1) is 0 Å². The van der Waals surface area contributed by atoms with Crippen molar-refractivity contribution in [1.29, 1.82) is 0 Å². The van der Waals surface area contributed by atoms with Gasteiger partial charge < -0.3 is 10.1 Å². The van der Waals surface area contributed by atoms with Crippen molar-refractivity contribution in [3.63, 3.8) is 0 Å². The zero-order chi connectivity index (χ0) is 22.9. The van der Waals surface area contributed by atoms with Crippen LogP contribution in [-0.4, -0.2) is 52.8 Å². The van der Waals surface area contributed by atoms with Crippen molar-refractivity contribution in [2.45, 2.75) is 57.9 Å². The van der Waals surface area contributed by atoms with Gasteiger partial charge >= 0.3 is 0 Å². The smallest absolute Gasteiger partial charge is 0.267 e. The molecule has 1 amide bonds. The molecule has 33 heavy (non-hydrogen) atoms. The number of carbonyl (C=O) groups is 1. The lowest BCUT2D eigenvalue weighted by molar-refractivity contribution is -0.198. The summed E-state index contributed by atoms with van der Waals surface area (Å²) >= 11 is 0. The van der Waals surface area contributed by atoms with Gasteiger partial charge in [-0.2, -0.15) is 0 Å². The number of hydroxylamine groups is 1. The number of piperidine rings is 1. The lowest BCUT2D eigenvalue weighted by Crippen LogP contribution is -2.39. The molecule has 2 fully saturated rings. The zero-order valence-corrected chi connectivity index (χ0v) is 19.2. The van der Waals surface area contributed by atoms with Gasteiger partial charge in [0.05, 0.1) is 5.69 Å². The lowest BCUT2D eigenvalue weighted by atomic mass is 10.0. The number of hydrogen-bond donors (Lipinski definition) is 2. The Kier molecular flexibility index (Phi) is 8.41. The van der Waals surface area contributed by atoms with E-state index in [0.29, 0.717) is 18.6 Å². The Morgan fingerprint density at radius 1 is 1.21 bits per heavy atom. The highest BCUT2D eigenvalue weighted by molar-refractivity contribution is 5.91. The summed E-state index contributed by atoms with van der Waals surface area (Å²) in [6, 6.07) is 11.0. The van der Waals surface area contributed by atoms with Gasteiger partial charge in [0.25, 0.3) is 5.91 Å². The van der Waals surface area contributed by atoms with Crippen LogP contribution in [0, 0.1) is 6.92 Å². The number of hydrogen-bond acceptors (Lipinski definition) is 7. The number of anilines is 1. The fourth-order valence-electron chi connectivity index (χ4n) is 4.10. The quantitative estimate of drug-likeness (QED) is 0.469. The number of ether oxygens (including phenoxy) is 1. The first-order valence-corrected chi connectivity index (χ1v) is 11.8. The van der Waals surface area contributed by atoms with Crippen LogP contribution < -0.4 is 10.8 Å². The minimum Gasteiger partial charge on any atom is -0.351 e. The lowest BCUT2D eigenvalue weighted by Gasteiger charge is -2.32. The van der Waals surface area contributed by atoms with Gasteiger partial charge in [0, 0.05) is 56.5 Å². The SMILES string of the molecule is Cc1nc(NC2CCN(Cc3ccccc3)CC2)ncc1/C=C/C(=O)NOC1CCCCO1. The van der Waals surface area contributed by atoms with Crippen molar-refractivity contribution in [1.82, 2.24) is 20.3 Å². The Morgan fingerprint density at radius 2 is 2.03 bits per heavy atom. The Labute approximate surface area is 195 Å². The van der Waals surface area contributed by atoms with Crippen LogP contribution >= 0.6 is 0 Å². The summed E-state index contributed by atoms with van der Waals surface area (Å²) in [6.45, 7) is 5.68. The second-order valence-electron chi connectivity index (χ2n) is 8.63. The molecular formula is C25H33N5O3. The first-order valence-electron chi connectivity index (χ1n) is 11.8. The summed E-state index contributed by atoms with van der Waals surface area (Å²) in [6.07, 6.45) is 9.47. The number of aromatic nitrogens is 2. The predicted molar refractivity (Wildman–Crippen MR) is 127 cm³/mol. The molecular weight excluding hydrogens is 418 g/mol. The average molecular weight is 452 g/mol. The average Bonchev–Trinajstić information content (AvgIpc) is 2.85. The molecule has 8 heteroatoms. The van der Waals surface area contributed by atoms with Crippen LogP contribution in [0.2, 0.25) is 0 Å². The van der Waals surface area contributed by atoms with Gasteiger partial charge in [-0.05, 0) is 44.2 Å². The number of carbonyl (C=O) groups excluding carboxylic acids is 1. The van der Waals surface area contributed by atoms with E-state index >= 15 is 0 Å². The highest BCUT2D eigenvalue weighted by Crippen LogP contribution is 2.18. The Bertz CT molecular complexity index is 923. The fraction of sp³-hybridized carbons (Fsp3) is 0.480. The van der Waals surface area contributed by atoms with E-state index in [9.17, 15) is 4.79 Å². The molecule has 1 aromatic heterocycles. The minimum atomic E-state index is -0.364. The number of likely N-dealkylation sites (tertiary alicyclic amines) is 1. The van der Waals surface area contributed by atoms with E-state index < -0.39 is 0 Å². The molecule has 0 aliphatic carbocycles. The number of benzene rings is 1. The van der Waals surface area contributed by atoms with Crippen LogP contribution in [0.5, 0.6) is 0 Å². The summed E-state index contributed by atoms with van der Waals surface area (Å²) in [5.74, 6) is 0.293. The monoisotopic (exact) mass is 451 g/mol. The highest BCUT2D eigenvalue weighted by Gasteiger charge is 2.20. The first kappa shape index (κ1) is 23.4. The Balaban J connectivity index is 1.21. The molecule has 3 heterocycles. The summed E-state index contributed by atoms with van der Waals surface area (Å²) in [5, 5.41) is 3.47.